The number of carbonyl (C=O) groups excluding carboxylic acids is 1. The molecular formula is C15H26N4OS. The minimum absolute atomic E-state index is 0.0164. The fraction of sp³-hybridized carbons (Fsp3) is 0.733. The van der Waals surface area contributed by atoms with Crippen molar-refractivity contribution in [2.24, 2.45) is 0 Å². The lowest BCUT2D eigenvalue weighted by atomic mass is 9.91. The maximum atomic E-state index is 12.3. The highest BCUT2D eigenvalue weighted by atomic mass is 32.1. The molecule has 1 aromatic rings. The van der Waals surface area contributed by atoms with Crippen LogP contribution in [-0.2, 0) is 5.41 Å². The molecule has 1 aromatic heterocycles. The van der Waals surface area contributed by atoms with Crippen molar-refractivity contribution >= 4 is 17.2 Å². The molecule has 2 heterocycles. The highest BCUT2D eigenvalue weighted by Gasteiger charge is 2.24. The Hall–Kier alpha value is -0.980. The van der Waals surface area contributed by atoms with Gasteiger partial charge in [0.2, 0.25) is 0 Å². The van der Waals surface area contributed by atoms with Crippen molar-refractivity contribution in [1.29, 1.82) is 0 Å². The Morgan fingerprint density at radius 2 is 2.14 bits per heavy atom. The van der Waals surface area contributed by atoms with Crippen LogP contribution in [-0.4, -0.2) is 55.1 Å². The lowest BCUT2D eigenvalue weighted by molar-refractivity contribution is 0.0953. The minimum Gasteiger partial charge on any atom is -0.351 e. The average Bonchev–Trinajstić information content (AvgIpc) is 2.94. The lowest BCUT2D eigenvalue weighted by Crippen LogP contribution is -2.44. The number of rotatable bonds is 5. The number of nitrogens with one attached hydrogen (secondary N) is 2. The van der Waals surface area contributed by atoms with Gasteiger partial charge in [0.05, 0.1) is 11.2 Å². The Labute approximate surface area is 131 Å². The smallest absolute Gasteiger partial charge is 0.263 e. The first-order valence-electron chi connectivity index (χ1n) is 7.64. The number of amides is 1. The van der Waals surface area contributed by atoms with E-state index in [9.17, 15) is 4.79 Å². The molecule has 0 aliphatic carbocycles. The fourth-order valence-electron chi connectivity index (χ4n) is 2.46. The van der Waals surface area contributed by atoms with Crippen molar-refractivity contribution < 1.29 is 4.79 Å². The maximum absolute atomic E-state index is 12.3. The van der Waals surface area contributed by atoms with Gasteiger partial charge in [-0.1, -0.05) is 20.8 Å². The first-order valence-corrected chi connectivity index (χ1v) is 8.51. The Balaban J connectivity index is 1.76. The van der Waals surface area contributed by atoms with Crippen LogP contribution in [0.2, 0.25) is 0 Å². The van der Waals surface area contributed by atoms with Crippen molar-refractivity contribution in [3.63, 3.8) is 0 Å². The molecule has 0 unspecified atom stereocenters. The molecule has 2 rings (SSSR count). The summed E-state index contributed by atoms with van der Waals surface area (Å²) in [5.41, 5.74) is 2.57. The van der Waals surface area contributed by atoms with Crippen LogP contribution in [0.25, 0.3) is 0 Å². The highest BCUT2D eigenvalue weighted by molar-refractivity contribution is 7.11. The second-order valence-electron chi connectivity index (χ2n) is 6.48. The standard InChI is InChI=1S/C15H26N4OS/c1-15(2,3)13-12(21-11-18-13)14(20)17-5-4-8-19-9-6-16-7-10-19/h11,16H,4-10H2,1-3H3,(H,17,20). The number of thiazole rings is 1. The highest BCUT2D eigenvalue weighted by Crippen LogP contribution is 2.26. The minimum atomic E-state index is -0.0898. The second-order valence-corrected chi connectivity index (χ2v) is 7.34. The summed E-state index contributed by atoms with van der Waals surface area (Å²) in [6, 6.07) is 0. The van der Waals surface area contributed by atoms with Gasteiger partial charge in [-0.05, 0) is 13.0 Å². The summed E-state index contributed by atoms with van der Waals surface area (Å²) in [5, 5.41) is 6.37. The van der Waals surface area contributed by atoms with Crippen molar-refractivity contribution in [3.05, 3.63) is 16.1 Å². The molecular weight excluding hydrogens is 284 g/mol. The summed E-state index contributed by atoms with van der Waals surface area (Å²) in [6.07, 6.45) is 0.995. The van der Waals surface area contributed by atoms with Crippen LogP contribution >= 0.6 is 11.3 Å². The van der Waals surface area contributed by atoms with Gasteiger partial charge in [-0.3, -0.25) is 4.79 Å². The van der Waals surface area contributed by atoms with Gasteiger partial charge in [0.1, 0.15) is 4.88 Å². The van der Waals surface area contributed by atoms with Crippen LogP contribution in [0.15, 0.2) is 5.51 Å². The largest absolute Gasteiger partial charge is 0.351 e. The third-order valence-corrected chi connectivity index (χ3v) is 4.46. The molecule has 118 valence electrons. The molecule has 1 amide bonds. The van der Waals surface area contributed by atoms with Crippen LogP contribution < -0.4 is 10.6 Å². The Bertz CT molecular complexity index is 460. The van der Waals surface area contributed by atoms with Crippen LogP contribution in [0.4, 0.5) is 0 Å². The third kappa shape index (κ3) is 4.76. The molecule has 1 aliphatic heterocycles. The summed E-state index contributed by atoms with van der Waals surface area (Å²) in [5.74, 6) is 0.0164. The SMILES string of the molecule is CC(C)(C)c1ncsc1C(=O)NCCCN1CCNCC1. The topological polar surface area (TPSA) is 57.3 Å². The van der Waals surface area contributed by atoms with Gasteiger partial charge in [0, 0.05) is 38.1 Å². The van der Waals surface area contributed by atoms with Crippen LogP contribution in [0, 0.1) is 0 Å². The molecule has 21 heavy (non-hydrogen) atoms. The van der Waals surface area contributed by atoms with Gasteiger partial charge in [-0.25, -0.2) is 4.98 Å². The van der Waals surface area contributed by atoms with E-state index in [1.807, 2.05) is 0 Å². The number of hydrogen-bond acceptors (Lipinski definition) is 5. The fourth-order valence-corrected chi connectivity index (χ4v) is 3.37. The molecule has 0 bridgehead atoms. The molecule has 0 atom stereocenters. The van der Waals surface area contributed by atoms with Crippen molar-refractivity contribution in [2.45, 2.75) is 32.6 Å². The molecule has 6 heteroatoms. The molecule has 1 saturated heterocycles. The zero-order valence-electron chi connectivity index (χ0n) is 13.2. The van der Waals surface area contributed by atoms with Gasteiger partial charge in [0.25, 0.3) is 5.91 Å². The Kier molecular flexibility index (Phi) is 5.72. The molecule has 5 nitrogen and oxygen atoms in total. The molecule has 0 saturated carbocycles. The van der Waals surface area contributed by atoms with E-state index in [1.165, 1.54) is 11.3 Å². The van der Waals surface area contributed by atoms with E-state index in [4.69, 9.17) is 0 Å². The molecule has 0 radical (unpaired) electrons. The first kappa shape index (κ1) is 16.4. The van der Waals surface area contributed by atoms with Crippen LogP contribution in [0.1, 0.15) is 42.6 Å². The lowest BCUT2D eigenvalue weighted by Gasteiger charge is -2.27. The van der Waals surface area contributed by atoms with Crippen molar-refractivity contribution in [1.82, 2.24) is 20.5 Å². The normalized spacial score (nSPS) is 16.9. The van der Waals surface area contributed by atoms with E-state index in [1.54, 1.807) is 5.51 Å². The van der Waals surface area contributed by atoms with Gasteiger partial charge in [0.15, 0.2) is 0 Å². The summed E-state index contributed by atoms with van der Waals surface area (Å²) in [7, 11) is 0. The van der Waals surface area contributed by atoms with Crippen molar-refractivity contribution in [3.8, 4) is 0 Å². The molecule has 1 aliphatic rings. The van der Waals surface area contributed by atoms with E-state index in [2.05, 4.69) is 41.3 Å². The molecule has 1 fully saturated rings. The predicted molar refractivity (Wildman–Crippen MR) is 87.1 cm³/mol. The Morgan fingerprint density at radius 3 is 2.81 bits per heavy atom. The molecule has 0 spiro atoms. The zero-order chi connectivity index (χ0) is 15.3. The number of carbonyl (C=O) groups is 1. The van der Waals surface area contributed by atoms with Crippen LogP contribution in [0.5, 0.6) is 0 Å². The van der Waals surface area contributed by atoms with Gasteiger partial charge < -0.3 is 15.5 Å². The number of hydrogen-bond donors (Lipinski definition) is 2. The first-order chi connectivity index (χ1) is 9.98. The number of nitrogens with zero attached hydrogens (tertiary/aromatic N) is 2. The van der Waals surface area contributed by atoms with Crippen LogP contribution in [0.3, 0.4) is 0 Å². The second kappa shape index (κ2) is 7.33. The monoisotopic (exact) mass is 310 g/mol. The van der Waals surface area contributed by atoms with E-state index in [0.717, 1.165) is 56.3 Å². The van der Waals surface area contributed by atoms with Gasteiger partial charge in [-0.2, -0.15) is 0 Å². The zero-order valence-corrected chi connectivity index (χ0v) is 14.1. The summed E-state index contributed by atoms with van der Waals surface area (Å²) in [6.45, 7) is 12.4. The Morgan fingerprint density at radius 1 is 1.43 bits per heavy atom. The summed E-state index contributed by atoms with van der Waals surface area (Å²) >= 11 is 1.43. The third-order valence-electron chi connectivity index (χ3n) is 3.63. The average molecular weight is 310 g/mol. The van der Waals surface area contributed by atoms with Gasteiger partial charge >= 0.3 is 0 Å². The maximum Gasteiger partial charge on any atom is 0.263 e. The van der Waals surface area contributed by atoms with E-state index >= 15 is 0 Å². The number of piperazine rings is 1. The quantitative estimate of drug-likeness (QED) is 0.809. The van der Waals surface area contributed by atoms with Gasteiger partial charge in [-0.15, -0.1) is 11.3 Å². The number of aromatic nitrogens is 1. The van der Waals surface area contributed by atoms with E-state index < -0.39 is 0 Å². The van der Waals surface area contributed by atoms with E-state index in [0.29, 0.717) is 0 Å². The molecule has 2 N–H and O–H groups in total. The molecule has 0 aromatic carbocycles. The van der Waals surface area contributed by atoms with Crippen molar-refractivity contribution in [2.75, 3.05) is 39.3 Å². The summed E-state index contributed by atoms with van der Waals surface area (Å²) < 4.78 is 0. The summed E-state index contributed by atoms with van der Waals surface area (Å²) in [4.78, 5) is 19.8. The van der Waals surface area contributed by atoms with E-state index in [-0.39, 0.29) is 11.3 Å². The predicted octanol–water partition coefficient (Wildman–Crippen LogP) is 1.47.